The van der Waals surface area contributed by atoms with Gasteiger partial charge in [0.25, 0.3) is 0 Å². The van der Waals surface area contributed by atoms with Gasteiger partial charge in [0.05, 0.1) is 11.8 Å². The fourth-order valence-electron chi connectivity index (χ4n) is 1.22. The molecule has 0 aliphatic heterocycles. The molecule has 0 aromatic carbocycles. The number of hydrogen-bond acceptors (Lipinski definition) is 5. The first kappa shape index (κ1) is 12.4. The molecular weight excluding hydrogens is 210 g/mol. The largest absolute Gasteiger partial charge is 0.393 e. The molecule has 0 spiro atoms. The van der Waals surface area contributed by atoms with E-state index >= 15 is 0 Å². The molecule has 0 unspecified atom stereocenters. The second kappa shape index (κ2) is 5.41. The van der Waals surface area contributed by atoms with Crippen LogP contribution in [0.5, 0.6) is 0 Å². The van der Waals surface area contributed by atoms with Crippen molar-refractivity contribution >= 4 is 11.5 Å². The van der Waals surface area contributed by atoms with Gasteiger partial charge in [0.2, 0.25) is 0 Å². The summed E-state index contributed by atoms with van der Waals surface area (Å²) in [5, 5.41) is 19.5. The minimum Gasteiger partial charge on any atom is -0.393 e. The summed E-state index contributed by atoms with van der Waals surface area (Å²) in [6, 6.07) is 3.02. The first-order valence-corrected chi connectivity index (χ1v) is 5.00. The van der Waals surface area contributed by atoms with Crippen LogP contribution >= 0.6 is 0 Å². The Labute approximate surface area is 93.7 Å². The van der Waals surface area contributed by atoms with Crippen LogP contribution in [-0.2, 0) is 0 Å². The fraction of sp³-hybridized carbons (Fsp3) is 0.500. The third kappa shape index (κ3) is 3.47. The van der Waals surface area contributed by atoms with Gasteiger partial charge < -0.3 is 20.1 Å². The third-order valence-electron chi connectivity index (χ3n) is 2.24. The van der Waals surface area contributed by atoms with Gasteiger partial charge in [-0.25, -0.2) is 0 Å². The Morgan fingerprint density at radius 3 is 2.75 bits per heavy atom. The maximum atomic E-state index is 10.4. The predicted octanol–water partition coefficient (Wildman–Crippen LogP) is 1.20. The van der Waals surface area contributed by atoms with Crippen LogP contribution in [-0.4, -0.2) is 34.7 Å². The first-order chi connectivity index (χ1) is 7.50. The van der Waals surface area contributed by atoms with E-state index in [1.54, 1.807) is 13.0 Å². The molecule has 1 aromatic rings. The highest BCUT2D eigenvalue weighted by atomic mass is 16.6. The molecule has 1 N–H and O–H groups in total. The number of aliphatic hydroxyl groups excluding tert-OH is 1. The predicted molar refractivity (Wildman–Crippen MR) is 60.5 cm³/mol. The van der Waals surface area contributed by atoms with Gasteiger partial charge in [0, 0.05) is 19.7 Å². The number of anilines is 1. The Morgan fingerprint density at radius 1 is 1.62 bits per heavy atom. The molecule has 6 heteroatoms. The van der Waals surface area contributed by atoms with Crippen molar-refractivity contribution in [2.45, 2.75) is 19.4 Å². The molecule has 1 atom stereocenters. The lowest BCUT2D eigenvalue weighted by Crippen LogP contribution is -2.21. The zero-order valence-electron chi connectivity index (χ0n) is 9.33. The fourth-order valence-corrected chi connectivity index (χ4v) is 1.22. The van der Waals surface area contributed by atoms with Crippen molar-refractivity contribution in [1.29, 1.82) is 0 Å². The Bertz CT molecular complexity index is 351. The number of rotatable bonds is 5. The summed E-state index contributed by atoms with van der Waals surface area (Å²) in [6.07, 6.45) is 1.75. The van der Waals surface area contributed by atoms with Gasteiger partial charge in [-0.1, -0.05) is 0 Å². The molecule has 0 saturated carbocycles. The molecule has 0 bridgehead atoms. The lowest BCUT2D eigenvalue weighted by Gasteiger charge is -2.18. The minimum atomic E-state index is -0.528. The molecule has 16 heavy (non-hydrogen) atoms. The maximum Gasteiger partial charge on any atom is 0.363 e. The van der Waals surface area contributed by atoms with E-state index in [9.17, 15) is 10.1 Å². The van der Waals surface area contributed by atoms with Crippen molar-refractivity contribution in [3.8, 4) is 0 Å². The minimum absolute atomic E-state index is 0.160. The van der Waals surface area contributed by atoms with E-state index in [0.717, 1.165) is 5.69 Å². The summed E-state index contributed by atoms with van der Waals surface area (Å²) < 4.78 is 0. The van der Waals surface area contributed by atoms with E-state index in [1.165, 1.54) is 12.3 Å². The van der Waals surface area contributed by atoms with Crippen molar-refractivity contribution in [1.82, 2.24) is 4.98 Å². The van der Waals surface area contributed by atoms with E-state index in [1.807, 2.05) is 11.9 Å². The van der Waals surface area contributed by atoms with Crippen LogP contribution in [0.25, 0.3) is 0 Å². The molecule has 88 valence electrons. The normalized spacial score (nSPS) is 12.2. The number of hydrogen-bond donors (Lipinski definition) is 1. The summed E-state index contributed by atoms with van der Waals surface area (Å²) in [6.45, 7) is 2.40. The van der Waals surface area contributed by atoms with E-state index in [0.29, 0.717) is 13.0 Å². The van der Waals surface area contributed by atoms with Crippen molar-refractivity contribution in [3.63, 3.8) is 0 Å². The van der Waals surface area contributed by atoms with Crippen LogP contribution in [0, 0.1) is 10.1 Å². The molecule has 1 heterocycles. The molecule has 0 fully saturated rings. The number of aliphatic hydroxyl groups is 1. The van der Waals surface area contributed by atoms with Crippen LogP contribution in [0.3, 0.4) is 0 Å². The zero-order chi connectivity index (χ0) is 12.1. The Balaban J connectivity index is 2.63. The number of nitrogens with zero attached hydrogens (tertiary/aromatic N) is 3. The van der Waals surface area contributed by atoms with Gasteiger partial charge in [-0.2, -0.15) is 0 Å². The molecular formula is C10H15N3O3. The quantitative estimate of drug-likeness (QED) is 0.601. The molecule has 1 rings (SSSR count). The van der Waals surface area contributed by atoms with Crippen molar-refractivity contribution in [2.75, 3.05) is 18.5 Å². The smallest absolute Gasteiger partial charge is 0.363 e. The van der Waals surface area contributed by atoms with E-state index < -0.39 is 4.92 Å². The van der Waals surface area contributed by atoms with Crippen molar-refractivity contribution in [2.24, 2.45) is 0 Å². The number of pyridine rings is 1. The van der Waals surface area contributed by atoms with E-state index in [2.05, 4.69) is 4.98 Å². The van der Waals surface area contributed by atoms with Gasteiger partial charge in [-0.15, -0.1) is 0 Å². The van der Waals surface area contributed by atoms with Gasteiger partial charge in [-0.3, -0.25) is 0 Å². The molecule has 0 amide bonds. The lowest BCUT2D eigenvalue weighted by atomic mass is 10.2. The van der Waals surface area contributed by atoms with Gasteiger partial charge >= 0.3 is 5.82 Å². The van der Waals surface area contributed by atoms with Crippen molar-refractivity contribution in [3.05, 3.63) is 28.4 Å². The Hall–Kier alpha value is -1.69. The van der Waals surface area contributed by atoms with Crippen LogP contribution in [0.2, 0.25) is 0 Å². The van der Waals surface area contributed by atoms with Crippen molar-refractivity contribution < 1.29 is 10.0 Å². The highest BCUT2D eigenvalue weighted by Crippen LogP contribution is 2.15. The average Bonchev–Trinajstić information content (AvgIpc) is 2.26. The SMILES string of the molecule is C[C@H](O)CCN(C)c1ccc([N+](=O)[O-])nc1. The van der Waals surface area contributed by atoms with Crippen LogP contribution in [0.4, 0.5) is 11.5 Å². The molecule has 0 saturated heterocycles. The second-order valence-corrected chi connectivity index (χ2v) is 3.69. The lowest BCUT2D eigenvalue weighted by molar-refractivity contribution is -0.389. The van der Waals surface area contributed by atoms with Gasteiger partial charge in [0.1, 0.15) is 0 Å². The highest BCUT2D eigenvalue weighted by Gasteiger charge is 2.09. The van der Waals surface area contributed by atoms with Crippen LogP contribution in [0.15, 0.2) is 18.3 Å². The summed E-state index contributed by atoms with van der Waals surface area (Å²) in [7, 11) is 1.85. The maximum absolute atomic E-state index is 10.4. The zero-order valence-corrected chi connectivity index (χ0v) is 9.33. The summed E-state index contributed by atoms with van der Waals surface area (Å²) >= 11 is 0. The molecule has 6 nitrogen and oxygen atoms in total. The average molecular weight is 225 g/mol. The molecule has 0 aliphatic rings. The van der Waals surface area contributed by atoms with Gasteiger partial charge in [0.15, 0.2) is 6.20 Å². The molecule has 0 radical (unpaired) electrons. The van der Waals surface area contributed by atoms with E-state index in [-0.39, 0.29) is 11.9 Å². The monoisotopic (exact) mass is 225 g/mol. The van der Waals surface area contributed by atoms with Crippen LogP contribution in [0.1, 0.15) is 13.3 Å². The Morgan fingerprint density at radius 2 is 2.31 bits per heavy atom. The standard InChI is InChI=1S/C10H15N3O3/c1-8(14)5-6-12(2)9-3-4-10(11-7-9)13(15)16/h3-4,7-8,14H,5-6H2,1-2H3/t8-/m0/s1. The first-order valence-electron chi connectivity index (χ1n) is 5.00. The molecule has 0 aliphatic carbocycles. The second-order valence-electron chi connectivity index (χ2n) is 3.69. The Kier molecular flexibility index (Phi) is 4.19. The number of aromatic nitrogens is 1. The van der Waals surface area contributed by atoms with E-state index in [4.69, 9.17) is 5.11 Å². The molecule has 1 aromatic heterocycles. The highest BCUT2D eigenvalue weighted by molar-refractivity contribution is 5.45. The van der Waals surface area contributed by atoms with Crippen LogP contribution < -0.4 is 4.90 Å². The third-order valence-corrected chi connectivity index (χ3v) is 2.24. The van der Waals surface area contributed by atoms with Gasteiger partial charge in [-0.05, 0) is 29.3 Å². The number of nitro groups is 1. The summed E-state index contributed by atoms with van der Waals surface area (Å²) in [5.74, 6) is -0.160. The summed E-state index contributed by atoms with van der Waals surface area (Å²) in [4.78, 5) is 15.5. The summed E-state index contributed by atoms with van der Waals surface area (Å²) in [5.41, 5.74) is 0.797. The topological polar surface area (TPSA) is 79.5 Å².